The van der Waals surface area contributed by atoms with E-state index in [1.165, 1.54) is 21.4 Å². The highest BCUT2D eigenvalue weighted by molar-refractivity contribution is 7.89. The van der Waals surface area contributed by atoms with Gasteiger partial charge in [-0.15, -0.1) is 11.6 Å². The van der Waals surface area contributed by atoms with E-state index in [9.17, 15) is 8.42 Å². The van der Waals surface area contributed by atoms with Gasteiger partial charge < -0.3 is 0 Å². The van der Waals surface area contributed by atoms with Gasteiger partial charge in [-0.25, -0.2) is 12.7 Å². The molecule has 1 aromatic rings. The Bertz CT molecular complexity index is 493. The Hall–Kier alpha value is -0.590. The molecule has 0 aromatic carbocycles. The lowest BCUT2D eigenvalue weighted by atomic mass is 9.85. The van der Waals surface area contributed by atoms with Crippen molar-refractivity contribution >= 4 is 21.6 Å². The third-order valence-electron chi connectivity index (χ3n) is 3.08. The minimum atomic E-state index is -3.40. The van der Waals surface area contributed by atoms with Crippen molar-refractivity contribution in [3.63, 3.8) is 0 Å². The van der Waals surface area contributed by atoms with Crippen LogP contribution in [0.3, 0.4) is 0 Å². The minimum Gasteiger partial charge on any atom is -0.274 e. The summed E-state index contributed by atoms with van der Waals surface area (Å²) in [5.74, 6) is 0.383. The monoisotopic (exact) mass is 277 g/mol. The van der Waals surface area contributed by atoms with Crippen molar-refractivity contribution in [3.05, 3.63) is 12.4 Å². The first-order valence-corrected chi connectivity index (χ1v) is 7.36. The number of hydrogen-bond donors (Lipinski definition) is 0. The average molecular weight is 278 g/mol. The van der Waals surface area contributed by atoms with E-state index in [4.69, 9.17) is 11.6 Å². The van der Waals surface area contributed by atoms with E-state index >= 15 is 0 Å². The normalized spacial score (nSPS) is 24.9. The lowest BCUT2D eigenvalue weighted by Crippen LogP contribution is -2.37. The van der Waals surface area contributed by atoms with Crippen LogP contribution in [0.15, 0.2) is 17.3 Å². The van der Waals surface area contributed by atoms with Gasteiger partial charge in [0.05, 0.1) is 6.20 Å². The van der Waals surface area contributed by atoms with E-state index in [-0.39, 0.29) is 10.3 Å². The predicted octanol–water partition coefficient (Wildman–Crippen LogP) is 1.06. The number of alkyl halides is 1. The smallest absolute Gasteiger partial charge is 0.245 e. The van der Waals surface area contributed by atoms with Gasteiger partial charge in [-0.2, -0.15) is 5.10 Å². The van der Waals surface area contributed by atoms with Gasteiger partial charge in [0.2, 0.25) is 10.0 Å². The summed E-state index contributed by atoms with van der Waals surface area (Å²) in [6.45, 7) is 0.528. The van der Waals surface area contributed by atoms with Crippen LogP contribution < -0.4 is 0 Å². The standard InChI is InChI=1S/C10H16ClN3O2S/c1-13-7-10(5-12-13)17(15,16)14(2)6-8-3-9(11)4-8/h5,7-9H,3-4,6H2,1-2H3. The molecular weight excluding hydrogens is 262 g/mol. The second-order valence-corrected chi connectivity index (χ2v) is 7.23. The first-order chi connectivity index (χ1) is 7.89. The third kappa shape index (κ3) is 2.64. The molecule has 0 radical (unpaired) electrons. The van der Waals surface area contributed by atoms with Crippen LogP contribution >= 0.6 is 11.6 Å². The number of nitrogens with zero attached hydrogens (tertiary/aromatic N) is 3. The van der Waals surface area contributed by atoms with Gasteiger partial charge in [0.1, 0.15) is 4.90 Å². The Morgan fingerprint density at radius 1 is 1.59 bits per heavy atom. The molecule has 0 spiro atoms. The van der Waals surface area contributed by atoms with Crippen LogP contribution in [0.4, 0.5) is 0 Å². The zero-order valence-corrected chi connectivity index (χ0v) is 11.4. The molecule has 5 nitrogen and oxygen atoms in total. The maximum absolute atomic E-state index is 12.1. The van der Waals surface area contributed by atoms with Crippen LogP contribution in [0.2, 0.25) is 0 Å². The Morgan fingerprint density at radius 2 is 2.24 bits per heavy atom. The molecule has 0 bridgehead atoms. The van der Waals surface area contributed by atoms with E-state index < -0.39 is 10.0 Å². The van der Waals surface area contributed by atoms with Gasteiger partial charge in [0, 0.05) is 32.2 Å². The molecule has 0 amide bonds. The maximum atomic E-state index is 12.1. The summed E-state index contributed by atoms with van der Waals surface area (Å²) in [6, 6.07) is 0. The number of sulfonamides is 1. The number of aryl methyl sites for hydroxylation is 1. The Kier molecular flexibility index (Phi) is 3.47. The Labute approximate surface area is 106 Å². The van der Waals surface area contributed by atoms with Crippen LogP contribution in [0.25, 0.3) is 0 Å². The van der Waals surface area contributed by atoms with Crippen molar-refractivity contribution in [3.8, 4) is 0 Å². The zero-order valence-electron chi connectivity index (χ0n) is 9.88. The summed E-state index contributed by atoms with van der Waals surface area (Å²) in [7, 11) is -0.101. The highest BCUT2D eigenvalue weighted by Crippen LogP contribution is 2.33. The topological polar surface area (TPSA) is 55.2 Å². The first kappa shape index (κ1) is 12.9. The summed E-state index contributed by atoms with van der Waals surface area (Å²) in [4.78, 5) is 0.240. The van der Waals surface area contributed by atoms with Crippen molar-refractivity contribution in [2.75, 3.05) is 13.6 Å². The van der Waals surface area contributed by atoms with Crippen LogP contribution in [-0.4, -0.2) is 41.5 Å². The summed E-state index contributed by atoms with van der Waals surface area (Å²) in [5, 5.41) is 4.10. The molecule has 2 rings (SSSR count). The lowest BCUT2D eigenvalue weighted by Gasteiger charge is -2.33. The fourth-order valence-electron chi connectivity index (χ4n) is 1.98. The zero-order chi connectivity index (χ0) is 12.6. The molecule has 96 valence electrons. The van der Waals surface area contributed by atoms with Gasteiger partial charge in [-0.1, -0.05) is 0 Å². The lowest BCUT2D eigenvalue weighted by molar-refractivity contribution is 0.268. The van der Waals surface area contributed by atoms with Crippen LogP contribution in [0, 0.1) is 5.92 Å². The fraction of sp³-hybridized carbons (Fsp3) is 0.700. The van der Waals surface area contributed by atoms with Crippen LogP contribution in [-0.2, 0) is 17.1 Å². The second kappa shape index (κ2) is 4.59. The summed E-state index contributed by atoms with van der Waals surface area (Å²) >= 11 is 5.88. The summed E-state index contributed by atoms with van der Waals surface area (Å²) in [6.07, 6.45) is 4.68. The SMILES string of the molecule is CN(CC1CC(Cl)C1)S(=O)(=O)c1cnn(C)c1. The number of halogens is 1. The average Bonchev–Trinajstić information content (AvgIpc) is 2.63. The highest BCUT2D eigenvalue weighted by Gasteiger charge is 2.32. The molecule has 1 aliphatic rings. The Balaban J connectivity index is 2.05. The van der Waals surface area contributed by atoms with E-state index in [1.54, 1.807) is 14.1 Å². The van der Waals surface area contributed by atoms with Gasteiger partial charge in [0.15, 0.2) is 0 Å². The van der Waals surface area contributed by atoms with Gasteiger partial charge in [0.25, 0.3) is 0 Å². The van der Waals surface area contributed by atoms with E-state index in [0.29, 0.717) is 12.5 Å². The maximum Gasteiger partial charge on any atom is 0.245 e. The first-order valence-electron chi connectivity index (χ1n) is 5.48. The summed E-state index contributed by atoms with van der Waals surface area (Å²) < 4.78 is 27.2. The third-order valence-corrected chi connectivity index (χ3v) is 5.22. The number of hydrogen-bond acceptors (Lipinski definition) is 3. The van der Waals surface area contributed by atoms with Crippen LogP contribution in [0.5, 0.6) is 0 Å². The molecule has 1 aromatic heterocycles. The molecule has 1 fully saturated rings. The molecule has 1 aliphatic carbocycles. The molecule has 1 saturated carbocycles. The number of aromatic nitrogens is 2. The second-order valence-electron chi connectivity index (χ2n) is 4.57. The van der Waals surface area contributed by atoms with Crippen molar-refractivity contribution in [1.29, 1.82) is 0 Å². The van der Waals surface area contributed by atoms with E-state index in [1.807, 2.05) is 0 Å². The molecule has 0 unspecified atom stereocenters. The van der Waals surface area contributed by atoms with Crippen molar-refractivity contribution in [1.82, 2.24) is 14.1 Å². The molecule has 1 heterocycles. The molecule has 7 heteroatoms. The van der Waals surface area contributed by atoms with Gasteiger partial charge in [-0.05, 0) is 18.8 Å². The molecule has 17 heavy (non-hydrogen) atoms. The Morgan fingerprint density at radius 3 is 2.71 bits per heavy atom. The van der Waals surface area contributed by atoms with Gasteiger partial charge >= 0.3 is 0 Å². The molecule has 0 N–H and O–H groups in total. The molecule has 0 saturated heterocycles. The fourth-order valence-corrected chi connectivity index (χ4v) is 3.71. The molecular formula is C10H16ClN3O2S. The van der Waals surface area contributed by atoms with Gasteiger partial charge in [-0.3, -0.25) is 4.68 Å². The molecule has 0 atom stereocenters. The van der Waals surface area contributed by atoms with Crippen molar-refractivity contribution in [2.24, 2.45) is 13.0 Å². The highest BCUT2D eigenvalue weighted by atomic mass is 35.5. The quantitative estimate of drug-likeness (QED) is 0.773. The predicted molar refractivity (Wildman–Crippen MR) is 65.4 cm³/mol. The largest absolute Gasteiger partial charge is 0.274 e. The van der Waals surface area contributed by atoms with E-state index in [2.05, 4.69) is 5.10 Å². The van der Waals surface area contributed by atoms with E-state index in [0.717, 1.165) is 12.8 Å². The molecule has 0 aliphatic heterocycles. The van der Waals surface area contributed by atoms with Crippen molar-refractivity contribution < 1.29 is 8.42 Å². The number of rotatable bonds is 4. The van der Waals surface area contributed by atoms with Crippen molar-refractivity contribution in [2.45, 2.75) is 23.1 Å². The minimum absolute atomic E-state index is 0.217. The summed E-state index contributed by atoms with van der Waals surface area (Å²) in [5.41, 5.74) is 0. The van der Waals surface area contributed by atoms with Crippen LogP contribution in [0.1, 0.15) is 12.8 Å².